The Hall–Kier alpha value is -2.04. The first-order valence-corrected chi connectivity index (χ1v) is 10.1. The molecule has 2 aromatic rings. The summed E-state index contributed by atoms with van der Waals surface area (Å²) >= 11 is 7.49. The minimum absolute atomic E-state index is 0.184. The van der Waals surface area contributed by atoms with E-state index in [2.05, 4.69) is 0 Å². The van der Waals surface area contributed by atoms with Crippen molar-refractivity contribution in [3.8, 4) is 0 Å². The maximum Gasteiger partial charge on any atom is 0.272 e. The van der Waals surface area contributed by atoms with Crippen LogP contribution in [-0.4, -0.2) is 17.1 Å². The van der Waals surface area contributed by atoms with E-state index < -0.39 is 0 Å². The van der Waals surface area contributed by atoms with Crippen molar-refractivity contribution in [2.24, 2.45) is 0 Å². The summed E-state index contributed by atoms with van der Waals surface area (Å²) in [4.78, 5) is 28.4. The third kappa shape index (κ3) is 3.69. The molecule has 1 heterocycles. The molecule has 0 aromatic heterocycles. The zero-order valence-corrected chi connectivity index (χ0v) is 17.7. The lowest BCUT2D eigenvalue weighted by atomic mass is 9.98. The third-order valence-electron chi connectivity index (χ3n) is 4.45. The highest BCUT2D eigenvalue weighted by atomic mass is 35.5. The Bertz CT molecular complexity index is 978. The number of amides is 2. The molecular formula is C22H22ClNO2S. The predicted octanol–water partition coefficient (Wildman–Crippen LogP) is 5.69. The number of thioether (sulfide) groups is 1. The fraction of sp³-hybridized carbons (Fsp3) is 0.273. The molecule has 3 rings (SSSR count). The minimum atomic E-state index is -0.277. The molecule has 0 saturated heterocycles. The van der Waals surface area contributed by atoms with Crippen LogP contribution in [0.2, 0.25) is 5.02 Å². The number of imide groups is 1. The second-order valence-corrected chi connectivity index (χ2v) is 9.09. The number of halogens is 1. The van der Waals surface area contributed by atoms with E-state index in [1.54, 1.807) is 18.2 Å². The van der Waals surface area contributed by atoms with Crippen LogP contribution in [0.25, 0.3) is 5.57 Å². The van der Waals surface area contributed by atoms with E-state index in [0.717, 1.165) is 22.3 Å². The lowest BCUT2D eigenvalue weighted by Gasteiger charge is -2.18. The highest BCUT2D eigenvalue weighted by molar-refractivity contribution is 8.04. The van der Waals surface area contributed by atoms with Crippen LogP contribution in [0.3, 0.4) is 0 Å². The molecule has 1 aliphatic rings. The molecule has 140 valence electrons. The lowest BCUT2D eigenvalue weighted by molar-refractivity contribution is -0.119. The summed E-state index contributed by atoms with van der Waals surface area (Å²) in [7, 11) is 0. The number of carbonyl (C=O) groups excluding carboxylic acids is 2. The topological polar surface area (TPSA) is 37.4 Å². The van der Waals surface area contributed by atoms with Gasteiger partial charge in [0.05, 0.1) is 16.2 Å². The number of carbonyl (C=O) groups is 2. The Morgan fingerprint density at radius 3 is 2.22 bits per heavy atom. The molecule has 0 N–H and O–H groups in total. The fourth-order valence-corrected chi connectivity index (χ4v) is 4.48. The summed E-state index contributed by atoms with van der Waals surface area (Å²) < 4.78 is 0. The molecule has 0 radical (unpaired) electrons. The van der Waals surface area contributed by atoms with Crippen molar-refractivity contribution in [1.82, 2.24) is 0 Å². The fourth-order valence-electron chi connectivity index (χ4n) is 3.27. The molecule has 0 fully saturated rings. The monoisotopic (exact) mass is 399 g/mol. The molecule has 0 unspecified atom stereocenters. The molecule has 2 aromatic carbocycles. The van der Waals surface area contributed by atoms with Crippen molar-refractivity contribution in [2.75, 3.05) is 4.90 Å². The first-order chi connectivity index (χ1) is 12.7. The Morgan fingerprint density at radius 1 is 0.926 bits per heavy atom. The highest BCUT2D eigenvalue weighted by Crippen LogP contribution is 2.41. The average molecular weight is 400 g/mol. The normalized spacial score (nSPS) is 14.7. The molecule has 0 saturated carbocycles. The van der Waals surface area contributed by atoms with Crippen molar-refractivity contribution >= 4 is 46.4 Å². The lowest BCUT2D eigenvalue weighted by Crippen LogP contribution is -2.32. The average Bonchev–Trinajstić information content (AvgIpc) is 2.79. The first-order valence-electron chi connectivity index (χ1n) is 8.84. The standard InChI is InChI=1S/C22H22ClNO2S/c1-12(2)27-20-19(17-8-6-13(3)10-14(17)4)21(25)24(22(20)26)18-9-7-16(23)11-15(18)5/h6-12H,1-5H3. The summed E-state index contributed by atoms with van der Waals surface area (Å²) in [5, 5.41) is 0.762. The van der Waals surface area contributed by atoms with Crippen LogP contribution >= 0.6 is 23.4 Å². The van der Waals surface area contributed by atoms with Gasteiger partial charge in [0.2, 0.25) is 0 Å². The van der Waals surface area contributed by atoms with Crippen molar-refractivity contribution in [1.29, 1.82) is 0 Å². The molecule has 2 amide bonds. The molecule has 0 bridgehead atoms. The van der Waals surface area contributed by atoms with E-state index in [1.807, 2.05) is 52.8 Å². The van der Waals surface area contributed by atoms with E-state index in [9.17, 15) is 9.59 Å². The van der Waals surface area contributed by atoms with Gasteiger partial charge in [-0.2, -0.15) is 0 Å². The Morgan fingerprint density at radius 2 is 1.63 bits per heavy atom. The zero-order chi connectivity index (χ0) is 19.9. The third-order valence-corrected chi connectivity index (χ3v) is 5.77. The number of aryl methyl sites for hydroxylation is 3. The summed E-state index contributed by atoms with van der Waals surface area (Å²) in [6.07, 6.45) is 0. The summed E-state index contributed by atoms with van der Waals surface area (Å²) in [5.74, 6) is -0.542. The van der Waals surface area contributed by atoms with Crippen LogP contribution in [0.5, 0.6) is 0 Å². The van der Waals surface area contributed by atoms with Gasteiger partial charge in [0.15, 0.2) is 0 Å². The summed E-state index contributed by atoms with van der Waals surface area (Å²) in [6.45, 7) is 9.88. The SMILES string of the molecule is Cc1ccc(C2=C(SC(C)C)C(=O)N(c3ccc(Cl)cc3C)C2=O)c(C)c1. The van der Waals surface area contributed by atoms with Crippen molar-refractivity contribution in [2.45, 2.75) is 39.9 Å². The minimum Gasteiger partial charge on any atom is -0.268 e. The van der Waals surface area contributed by atoms with E-state index in [0.29, 0.717) is 21.2 Å². The molecule has 3 nitrogen and oxygen atoms in total. The molecule has 0 aliphatic carbocycles. The first kappa shape index (κ1) is 19.7. The van der Waals surface area contributed by atoms with Gasteiger partial charge in [-0.05, 0) is 55.7 Å². The number of nitrogens with zero attached hydrogens (tertiary/aromatic N) is 1. The molecule has 5 heteroatoms. The van der Waals surface area contributed by atoms with Crippen LogP contribution in [0, 0.1) is 20.8 Å². The maximum absolute atomic E-state index is 13.4. The van der Waals surface area contributed by atoms with Gasteiger partial charge in [-0.25, -0.2) is 4.90 Å². The predicted molar refractivity (Wildman–Crippen MR) is 114 cm³/mol. The smallest absolute Gasteiger partial charge is 0.268 e. The van der Waals surface area contributed by atoms with Gasteiger partial charge in [-0.1, -0.05) is 49.2 Å². The van der Waals surface area contributed by atoms with Gasteiger partial charge < -0.3 is 0 Å². The van der Waals surface area contributed by atoms with Crippen molar-refractivity contribution < 1.29 is 9.59 Å². The van der Waals surface area contributed by atoms with Gasteiger partial charge in [-0.15, -0.1) is 11.8 Å². The van der Waals surface area contributed by atoms with E-state index in [1.165, 1.54) is 16.7 Å². The summed E-state index contributed by atoms with van der Waals surface area (Å²) in [5.41, 5.74) is 4.79. The molecular weight excluding hydrogens is 378 g/mol. The molecule has 27 heavy (non-hydrogen) atoms. The number of anilines is 1. The molecule has 0 atom stereocenters. The summed E-state index contributed by atoms with van der Waals surface area (Å²) in [6, 6.07) is 11.1. The van der Waals surface area contributed by atoms with Crippen molar-refractivity contribution in [3.63, 3.8) is 0 Å². The van der Waals surface area contributed by atoms with Crippen LogP contribution in [0.1, 0.15) is 36.1 Å². The molecule has 0 spiro atoms. The van der Waals surface area contributed by atoms with Crippen LogP contribution in [0.15, 0.2) is 41.3 Å². The van der Waals surface area contributed by atoms with Gasteiger partial charge in [0.1, 0.15) is 0 Å². The largest absolute Gasteiger partial charge is 0.272 e. The highest BCUT2D eigenvalue weighted by Gasteiger charge is 2.41. The van der Waals surface area contributed by atoms with E-state index in [-0.39, 0.29) is 17.1 Å². The number of hydrogen-bond acceptors (Lipinski definition) is 3. The van der Waals surface area contributed by atoms with E-state index >= 15 is 0 Å². The Balaban J connectivity index is 2.17. The number of rotatable bonds is 4. The van der Waals surface area contributed by atoms with Gasteiger partial charge >= 0.3 is 0 Å². The maximum atomic E-state index is 13.4. The second-order valence-electron chi connectivity index (χ2n) is 7.07. The van der Waals surface area contributed by atoms with E-state index in [4.69, 9.17) is 11.6 Å². The Labute approximate surface area is 169 Å². The van der Waals surface area contributed by atoms with Crippen LogP contribution < -0.4 is 4.90 Å². The van der Waals surface area contributed by atoms with Gasteiger partial charge in [0.25, 0.3) is 11.8 Å². The van der Waals surface area contributed by atoms with Gasteiger partial charge in [0, 0.05) is 10.3 Å². The van der Waals surface area contributed by atoms with Gasteiger partial charge in [-0.3, -0.25) is 9.59 Å². The second kappa shape index (κ2) is 7.53. The quantitative estimate of drug-likeness (QED) is 0.619. The zero-order valence-electron chi connectivity index (χ0n) is 16.1. The number of hydrogen-bond donors (Lipinski definition) is 0. The van der Waals surface area contributed by atoms with Crippen LogP contribution in [0.4, 0.5) is 5.69 Å². The molecule has 1 aliphatic heterocycles. The Kier molecular flexibility index (Phi) is 5.50. The van der Waals surface area contributed by atoms with Crippen molar-refractivity contribution in [3.05, 3.63) is 68.6 Å². The number of benzene rings is 2. The van der Waals surface area contributed by atoms with Crippen LogP contribution in [-0.2, 0) is 9.59 Å².